The van der Waals surface area contributed by atoms with E-state index in [1.54, 1.807) is 22.8 Å². The Hall–Kier alpha value is -2.31. The van der Waals surface area contributed by atoms with Crippen molar-refractivity contribution in [2.45, 2.75) is 33.5 Å². The van der Waals surface area contributed by atoms with E-state index in [1.807, 2.05) is 49.6 Å². The van der Waals surface area contributed by atoms with E-state index < -0.39 is 0 Å². The Kier molecular flexibility index (Phi) is 6.19. The molecule has 7 heteroatoms. The predicted molar refractivity (Wildman–Crippen MR) is 109 cm³/mol. The minimum Gasteiger partial charge on any atom is -0.489 e. The van der Waals surface area contributed by atoms with Crippen LogP contribution in [-0.4, -0.2) is 27.6 Å². The smallest absolute Gasteiger partial charge is 0.264 e. The van der Waals surface area contributed by atoms with E-state index in [-0.39, 0.29) is 5.91 Å². The first-order chi connectivity index (χ1) is 13.0. The Morgan fingerprint density at radius 1 is 1.33 bits per heavy atom. The number of hydrogen-bond donors (Lipinski definition) is 0. The van der Waals surface area contributed by atoms with Crippen LogP contribution in [0.1, 0.15) is 33.4 Å². The number of aromatic nitrogens is 2. The van der Waals surface area contributed by atoms with Gasteiger partial charge in [0.05, 0.1) is 28.3 Å². The minimum absolute atomic E-state index is 0.0403. The average Bonchev–Trinajstić information content (AvgIpc) is 3.28. The zero-order valence-electron chi connectivity index (χ0n) is 15.6. The fraction of sp³-hybridized carbons (Fsp3) is 0.300. The molecular weight excluding hydrogens is 382 g/mol. The van der Waals surface area contributed by atoms with E-state index in [4.69, 9.17) is 16.3 Å². The summed E-state index contributed by atoms with van der Waals surface area (Å²) in [6, 6.07) is 9.80. The number of carbonyl (C=O) groups excluding carboxylic acids is 1. The minimum atomic E-state index is -0.0403. The van der Waals surface area contributed by atoms with Gasteiger partial charge in [0.25, 0.3) is 5.91 Å². The highest BCUT2D eigenvalue weighted by atomic mass is 35.5. The van der Waals surface area contributed by atoms with Gasteiger partial charge in [-0.1, -0.05) is 29.3 Å². The van der Waals surface area contributed by atoms with Crippen molar-refractivity contribution in [1.82, 2.24) is 14.7 Å². The third-order valence-electron chi connectivity index (χ3n) is 4.22. The summed E-state index contributed by atoms with van der Waals surface area (Å²) in [5, 5.41) is 6.75. The molecule has 0 saturated heterocycles. The molecule has 0 aliphatic rings. The number of rotatable bonds is 7. The molecule has 0 N–H and O–H groups in total. The van der Waals surface area contributed by atoms with Gasteiger partial charge in [-0.15, -0.1) is 11.3 Å². The molecule has 2 aromatic heterocycles. The van der Waals surface area contributed by atoms with Crippen LogP contribution >= 0.6 is 22.9 Å². The summed E-state index contributed by atoms with van der Waals surface area (Å²) in [7, 11) is 1.77. The van der Waals surface area contributed by atoms with E-state index in [2.05, 4.69) is 5.10 Å². The lowest BCUT2D eigenvalue weighted by atomic mass is 10.2. The molecule has 0 spiro atoms. The molecule has 142 valence electrons. The lowest BCUT2D eigenvalue weighted by molar-refractivity contribution is 0.0786. The molecular formula is C20H22ClN3O2S. The van der Waals surface area contributed by atoms with Crippen molar-refractivity contribution in [2.75, 3.05) is 7.05 Å². The topological polar surface area (TPSA) is 47.4 Å². The fourth-order valence-corrected chi connectivity index (χ4v) is 3.76. The first-order valence-corrected chi connectivity index (χ1v) is 9.96. The summed E-state index contributed by atoms with van der Waals surface area (Å²) in [5.41, 5.74) is 3.02. The van der Waals surface area contributed by atoms with Crippen molar-refractivity contribution in [3.8, 4) is 5.75 Å². The van der Waals surface area contributed by atoms with Gasteiger partial charge in [-0.25, -0.2) is 0 Å². The van der Waals surface area contributed by atoms with Crippen LogP contribution in [-0.2, 0) is 19.7 Å². The van der Waals surface area contributed by atoms with E-state index >= 15 is 0 Å². The second-order valence-electron chi connectivity index (χ2n) is 6.34. The zero-order valence-corrected chi connectivity index (χ0v) is 17.2. The number of hydrogen-bond acceptors (Lipinski definition) is 4. The summed E-state index contributed by atoms with van der Waals surface area (Å²) in [6.45, 7) is 5.60. The van der Waals surface area contributed by atoms with E-state index in [9.17, 15) is 4.79 Å². The first kappa shape index (κ1) is 19.5. The SMILES string of the molecule is CCn1ncc(Cl)c1CN(C)C(=O)c1cc(COc2ccc(C)cc2)cs1. The van der Waals surface area contributed by atoms with E-state index in [0.717, 1.165) is 17.0 Å². The van der Waals surface area contributed by atoms with E-state index in [0.29, 0.717) is 29.6 Å². The van der Waals surface area contributed by atoms with Crippen molar-refractivity contribution < 1.29 is 9.53 Å². The van der Waals surface area contributed by atoms with Crippen LogP contribution in [0.2, 0.25) is 5.02 Å². The number of amides is 1. The number of nitrogens with zero attached hydrogens (tertiary/aromatic N) is 3. The molecule has 3 rings (SSSR count). The number of aryl methyl sites for hydroxylation is 2. The van der Waals surface area contributed by atoms with Crippen LogP contribution in [0.5, 0.6) is 5.75 Å². The maximum Gasteiger partial charge on any atom is 0.264 e. The molecule has 1 aromatic carbocycles. The van der Waals surface area contributed by atoms with Crippen molar-refractivity contribution in [1.29, 1.82) is 0 Å². The van der Waals surface area contributed by atoms with Crippen LogP contribution in [0, 0.1) is 6.92 Å². The monoisotopic (exact) mass is 403 g/mol. The lowest BCUT2D eigenvalue weighted by Gasteiger charge is -2.17. The molecule has 0 unspecified atom stereocenters. The molecule has 5 nitrogen and oxygen atoms in total. The van der Waals surface area contributed by atoms with E-state index in [1.165, 1.54) is 16.9 Å². The summed E-state index contributed by atoms with van der Waals surface area (Å²) < 4.78 is 7.59. The Bertz CT molecular complexity index is 918. The Morgan fingerprint density at radius 3 is 2.78 bits per heavy atom. The van der Waals surface area contributed by atoms with Crippen LogP contribution < -0.4 is 4.74 Å². The number of benzene rings is 1. The molecule has 2 heterocycles. The average molecular weight is 404 g/mol. The maximum atomic E-state index is 12.7. The standard InChI is InChI=1S/C20H22ClN3O2S/c1-4-24-18(17(21)10-22-24)11-23(3)20(25)19-9-15(13-27-19)12-26-16-7-5-14(2)6-8-16/h5-10,13H,4,11-12H2,1-3H3. The van der Waals surface area contributed by atoms with Crippen LogP contribution in [0.3, 0.4) is 0 Å². The largest absolute Gasteiger partial charge is 0.489 e. The van der Waals surface area contributed by atoms with Gasteiger partial charge in [0.1, 0.15) is 12.4 Å². The molecule has 1 amide bonds. The molecule has 0 fully saturated rings. The maximum absolute atomic E-state index is 12.7. The Balaban J connectivity index is 1.62. The van der Waals surface area contributed by atoms with Gasteiger partial charge in [-0.2, -0.15) is 5.10 Å². The molecule has 0 aliphatic heterocycles. The quantitative estimate of drug-likeness (QED) is 0.570. The molecule has 0 aliphatic carbocycles. The number of thiophene rings is 1. The summed E-state index contributed by atoms with van der Waals surface area (Å²) in [6.07, 6.45) is 1.62. The van der Waals surface area contributed by atoms with Crippen molar-refractivity contribution in [2.24, 2.45) is 0 Å². The second kappa shape index (κ2) is 8.59. The van der Waals surface area contributed by atoms with Crippen LogP contribution in [0.15, 0.2) is 41.9 Å². The highest BCUT2D eigenvalue weighted by molar-refractivity contribution is 7.12. The molecule has 0 saturated carbocycles. The fourth-order valence-electron chi connectivity index (χ4n) is 2.67. The molecule has 27 heavy (non-hydrogen) atoms. The number of ether oxygens (including phenoxy) is 1. The predicted octanol–water partition coefficient (Wildman–Crippen LogP) is 4.78. The molecule has 0 atom stereocenters. The number of halogens is 1. The summed E-state index contributed by atoms with van der Waals surface area (Å²) in [4.78, 5) is 15.1. The first-order valence-electron chi connectivity index (χ1n) is 8.70. The molecule has 3 aromatic rings. The van der Waals surface area contributed by atoms with Gasteiger partial charge >= 0.3 is 0 Å². The van der Waals surface area contributed by atoms with Gasteiger partial charge < -0.3 is 9.64 Å². The summed E-state index contributed by atoms with van der Waals surface area (Å²) >= 11 is 7.62. The third kappa shape index (κ3) is 4.70. The molecule has 0 radical (unpaired) electrons. The number of carbonyl (C=O) groups is 1. The van der Waals surface area contributed by atoms with Crippen molar-refractivity contribution in [3.63, 3.8) is 0 Å². The van der Waals surface area contributed by atoms with Gasteiger partial charge in [-0.05, 0) is 37.4 Å². The van der Waals surface area contributed by atoms with Crippen molar-refractivity contribution >= 4 is 28.8 Å². The Labute approximate surface area is 168 Å². The lowest BCUT2D eigenvalue weighted by Crippen LogP contribution is -2.27. The van der Waals surface area contributed by atoms with Gasteiger partial charge in [0, 0.05) is 19.2 Å². The highest BCUT2D eigenvalue weighted by Crippen LogP contribution is 2.22. The van der Waals surface area contributed by atoms with Crippen LogP contribution in [0.25, 0.3) is 0 Å². The van der Waals surface area contributed by atoms with Crippen LogP contribution in [0.4, 0.5) is 0 Å². The zero-order chi connectivity index (χ0) is 19.4. The van der Waals surface area contributed by atoms with Gasteiger partial charge in [-0.3, -0.25) is 9.48 Å². The summed E-state index contributed by atoms with van der Waals surface area (Å²) in [5.74, 6) is 0.778. The van der Waals surface area contributed by atoms with Gasteiger partial charge in [0.2, 0.25) is 0 Å². The Morgan fingerprint density at radius 2 is 2.07 bits per heavy atom. The molecule has 0 bridgehead atoms. The third-order valence-corrected chi connectivity index (χ3v) is 5.50. The normalized spacial score (nSPS) is 10.8. The van der Waals surface area contributed by atoms with Gasteiger partial charge in [0.15, 0.2) is 0 Å². The van der Waals surface area contributed by atoms with Crippen molar-refractivity contribution in [3.05, 3.63) is 68.6 Å². The second-order valence-corrected chi connectivity index (χ2v) is 7.66. The highest BCUT2D eigenvalue weighted by Gasteiger charge is 2.18.